The van der Waals surface area contributed by atoms with Gasteiger partial charge in [-0.1, -0.05) is 45.9 Å². The summed E-state index contributed by atoms with van der Waals surface area (Å²) in [7, 11) is -0.273. The molecule has 1 heterocycles. The SMILES string of the molecule is CC(C)N(B1OCc2ccccc2O1)C(C)C. The van der Waals surface area contributed by atoms with Gasteiger partial charge in [0.15, 0.2) is 0 Å². The van der Waals surface area contributed by atoms with Gasteiger partial charge in [0.25, 0.3) is 0 Å². The summed E-state index contributed by atoms with van der Waals surface area (Å²) >= 11 is 0. The molecule has 0 saturated heterocycles. The van der Waals surface area contributed by atoms with Gasteiger partial charge in [-0.15, -0.1) is 0 Å². The van der Waals surface area contributed by atoms with Crippen LogP contribution >= 0.6 is 0 Å². The van der Waals surface area contributed by atoms with Crippen molar-refractivity contribution in [3.63, 3.8) is 0 Å². The Morgan fingerprint density at radius 3 is 2.41 bits per heavy atom. The normalized spacial score (nSPS) is 15.4. The maximum absolute atomic E-state index is 5.92. The van der Waals surface area contributed by atoms with E-state index in [1.807, 2.05) is 24.3 Å². The van der Waals surface area contributed by atoms with Gasteiger partial charge in [-0.05, 0) is 18.2 Å². The van der Waals surface area contributed by atoms with Crippen molar-refractivity contribution in [2.75, 3.05) is 0 Å². The molecular formula is C13H20BNO2. The van der Waals surface area contributed by atoms with E-state index < -0.39 is 0 Å². The van der Waals surface area contributed by atoms with Crippen LogP contribution in [0.5, 0.6) is 5.75 Å². The van der Waals surface area contributed by atoms with Crippen LogP contribution in [0.4, 0.5) is 0 Å². The number of para-hydroxylation sites is 1. The lowest BCUT2D eigenvalue weighted by Crippen LogP contribution is -2.54. The van der Waals surface area contributed by atoms with Crippen LogP contribution in [0, 0.1) is 0 Å². The number of hydrogen-bond acceptors (Lipinski definition) is 3. The minimum absolute atomic E-state index is 0.273. The molecule has 0 spiro atoms. The Bertz CT molecular complexity index is 373. The zero-order valence-corrected chi connectivity index (χ0v) is 11.0. The minimum atomic E-state index is -0.273. The lowest BCUT2D eigenvalue weighted by Gasteiger charge is -2.36. The van der Waals surface area contributed by atoms with Crippen molar-refractivity contribution in [3.8, 4) is 5.75 Å². The molecule has 92 valence electrons. The first kappa shape index (κ1) is 12.5. The van der Waals surface area contributed by atoms with Crippen molar-refractivity contribution < 1.29 is 9.31 Å². The molecule has 1 aromatic rings. The molecule has 0 amide bonds. The molecule has 0 saturated carbocycles. The van der Waals surface area contributed by atoms with Crippen LogP contribution in [0.15, 0.2) is 24.3 Å². The van der Waals surface area contributed by atoms with Crippen molar-refractivity contribution in [1.29, 1.82) is 0 Å². The quantitative estimate of drug-likeness (QED) is 0.749. The fraction of sp³-hybridized carbons (Fsp3) is 0.538. The molecule has 1 aliphatic heterocycles. The molecule has 17 heavy (non-hydrogen) atoms. The Balaban J connectivity index is 2.16. The van der Waals surface area contributed by atoms with Gasteiger partial charge in [0.1, 0.15) is 5.75 Å². The molecule has 1 aromatic carbocycles. The van der Waals surface area contributed by atoms with E-state index >= 15 is 0 Å². The van der Waals surface area contributed by atoms with Crippen molar-refractivity contribution in [1.82, 2.24) is 4.81 Å². The van der Waals surface area contributed by atoms with E-state index in [2.05, 4.69) is 32.5 Å². The van der Waals surface area contributed by atoms with E-state index in [1.54, 1.807) is 0 Å². The summed E-state index contributed by atoms with van der Waals surface area (Å²) in [6.07, 6.45) is 0. The second-order valence-corrected chi connectivity index (χ2v) is 4.98. The lowest BCUT2D eigenvalue weighted by molar-refractivity contribution is 0.138. The van der Waals surface area contributed by atoms with Crippen molar-refractivity contribution >= 4 is 7.25 Å². The second kappa shape index (κ2) is 5.11. The second-order valence-electron chi connectivity index (χ2n) is 4.98. The number of benzene rings is 1. The first-order valence-electron chi connectivity index (χ1n) is 6.23. The molecule has 1 aliphatic rings. The first-order chi connectivity index (χ1) is 8.09. The van der Waals surface area contributed by atoms with E-state index in [0.717, 1.165) is 11.3 Å². The number of nitrogens with zero attached hydrogens (tertiary/aromatic N) is 1. The monoisotopic (exact) mass is 233 g/mol. The van der Waals surface area contributed by atoms with Crippen molar-refractivity contribution in [3.05, 3.63) is 29.8 Å². The number of fused-ring (bicyclic) bond motifs is 1. The average Bonchev–Trinajstić information content (AvgIpc) is 2.28. The fourth-order valence-electron chi connectivity index (χ4n) is 2.27. The van der Waals surface area contributed by atoms with Gasteiger partial charge >= 0.3 is 7.25 Å². The topological polar surface area (TPSA) is 21.7 Å². The number of hydrogen-bond donors (Lipinski definition) is 0. The predicted molar refractivity (Wildman–Crippen MR) is 69.7 cm³/mol. The summed E-state index contributed by atoms with van der Waals surface area (Å²) in [6.45, 7) is 9.26. The van der Waals surface area contributed by atoms with E-state index in [9.17, 15) is 0 Å². The highest BCUT2D eigenvalue weighted by Gasteiger charge is 2.37. The van der Waals surface area contributed by atoms with Gasteiger partial charge in [0.2, 0.25) is 0 Å². The Hall–Kier alpha value is -0.995. The fourth-order valence-corrected chi connectivity index (χ4v) is 2.27. The molecule has 0 atom stereocenters. The summed E-state index contributed by atoms with van der Waals surface area (Å²) in [4.78, 5) is 2.23. The molecule has 0 aromatic heterocycles. The molecule has 2 rings (SSSR count). The molecule has 4 heteroatoms. The highest BCUT2D eigenvalue weighted by atomic mass is 16.6. The van der Waals surface area contributed by atoms with Crippen molar-refractivity contribution in [2.45, 2.75) is 46.4 Å². The lowest BCUT2D eigenvalue weighted by atomic mass is 9.95. The maximum atomic E-state index is 5.92. The Morgan fingerprint density at radius 2 is 1.76 bits per heavy atom. The van der Waals surface area contributed by atoms with Gasteiger partial charge < -0.3 is 9.31 Å². The third-order valence-corrected chi connectivity index (χ3v) is 3.02. The highest BCUT2D eigenvalue weighted by molar-refractivity contribution is 6.42. The van der Waals surface area contributed by atoms with Crippen LogP contribution in [0.3, 0.4) is 0 Å². The summed E-state index contributed by atoms with van der Waals surface area (Å²) in [5, 5.41) is 0. The largest absolute Gasteiger partial charge is 0.629 e. The van der Waals surface area contributed by atoms with E-state index in [0.29, 0.717) is 18.7 Å². The molecule has 0 bridgehead atoms. The Kier molecular flexibility index (Phi) is 3.74. The van der Waals surface area contributed by atoms with Gasteiger partial charge in [0.05, 0.1) is 6.61 Å². The summed E-state index contributed by atoms with van der Waals surface area (Å²) < 4.78 is 11.7. The van der Waals surface area contributed by atoms with Gasteiger partial charge in [-0.2, -0.15) is 0 Å². The standard InChI is InChI=1S/C13H20BNO2/c1-10(2)15(11(3)4)14-16-9-12-7-5-6-8-13(12)17-14/h5-8,10-11H,9H2,1-4H3. The number of rotatable bonds is 3. The van der Waals surface area contributed by atoms with Crippen molar-refractivity contribution in [2.24, 2.45) is 0 Å². The van der Waals surface area contributed by atoms with E-state index in [4.69, 9.17) is 9.31 Å². The zero-order valence-electron chi connectivity index (χ0n) is 11.0. The van der Waals surface area contributed by atoms with Gasteiger partial charge in [-0.25, -0.2) is 0 Å². The van der Waals surface area contributed by atoms with Gasteiger partial charge in [0, 0.05) is 5.56 Å². The molecule has 0 unspecified atom stereocenters. The Labute approximate surface area is 104 Å². The molecule has 3 nitrogen and oxygen atoms in total. The maximum Gasteiger partial charge on any atom is 0.629 e. The predicted octanol–water partition coefficient (Wildman–Crippen LogP) is 2.70. The minimum Gasteiger partial charge on any atom is -0.522 e. The smallest absolute Gasteiger partial charge is 0.522 e. The third kappa shape index (κ3) is 2.64. The third-order valence-electron chi connectivity index (χ3n) is 3.02. The average molecular weight is 233 g/mol. The Morgan fingerprint density at radius 1 is 1.12 bits per heavy atom. The van der Waals surface area contributed by atoms with E-state index in [-0.39, 0.29) is 7.25 Å². The molecule has 0 N–H and O–H groups in total. The van der Waals surface area contributed by atoms with Gasteiger partial charge in [-0.3, -0.25) is 4.81 Å². The van der Waals surface area contributed by atoms with Crippen LogP contribution in [0.1, 0.15) is 33.3 Å². The molecule has 0 radical (unpaired) electrons. The summed E-state index contributed by atoms with van der Waals surface area (Å²) in [5.74, 6) is 0.940. The van der Waals surface area contributed by atoms with Crippen LogP contribution in [0.2, 0.25) is 0 Å². The molecule has 0 fully saturated rings. The summed E-state index contributed by atoms with van der Waals surface area (Å²) in [6, 6.07) is 8.84. The zero-order chi connectivity index (χ0) is 12.4. The molecule has 0 aliphatic carbocycles. The highest BCUT2D eigenvalue weighted by Crippen LogP contribution is 2.26. The molecular weight excluding hydrogens is 213 g/mol. The van der Waals surface area contributed by atoms with E-state index in [1.165, 1.54) is 0 Å². The van der Waals surface area contributed by atoms with Crippen LogP contribution in [0.25, 0.3) is 0 Å². The van der Waals surface area contributed by atoms with Crippen LogP contribution in [-0.2, 0) is 11.3 Å². The van der Waals surface area contributed by atoms with Crippen LogP contribution < -0.4 is 4.65 Å². The van der Waals surface area contributed by atoms with Crippen LogP contribution in [-0.4, -0.2) is 24.1 Å². The first-order valence-corrected chi connectivity index (χ1v) is 6.23. The summed E-state index contributed by atoms with van der Waals surface area (Å²) in [5.41, 5.74) is 1.12.